The van der Waals surface area contributed by atoms with Crippen molar-refractivity contribution in [1.29, 1.82) is 0 Å². The van der Waals surface area contributed by atoms with Gasteiger partial charge >= 0.3 is 5.97 Å². The summed E-state index contributed by atoms with van der Waals surface area (Å²) in [6.45, 7) is 1.36. The maximum absolute atomic E-state index is 9.59. The summed E-state index contributed by atoms with van der Waals surface area (Å²) in [4.78, 5) is 9.59. The van der Waals surface area contributed by atoms with Crippen LogP contribution < -0.4 is 5.73 Å². The van der Waals surface area contributed by atoms with Gasteiger partial charge in [0.2, 0.25) is 0 Å². The zero-order valence-electron chi connectivity index (χ0n) is 5.25. The Labute approximate surface area is 65.0 Å². The summed E-state index contributed by atoms with van der Waals surface area (Å²) in [5.41, 5.74) is 4.71. The highest BCUT2D eigenvalue weighted by atomic mass is 32.1. The van der Waals surface area contributed by atoms with Crippen molar-refractivity contribution in [3.05, 3.63) is 0 Å². The number of carbonyl (C=O) groups excluding carboxylic acids is 1. The second-order valence-electron chi connectivity index (χ2n) is 1.03. The van der Waals surface area contributed by atoms with E-state index in [1.807, 2.05) is 0 Å². The minimum Gasteiger partial charge on any atom is -0.469 e. The number of thiol groups is 1. The third-order valence-corrected chi connectivity index (χ3v) is 0.287. The van der Waals surface area contributed by atoms with Crippen LogP contribution in [0.3, 0.4) is 0 Å². The normalized spacial score (nSPS) is 6.56. The van der Waals surface area contributed by atoms with Gasteiger partial charge < -0.3 is 10.5 Å². The molecule has 0 unspecified atom stereocenters. The van der Waals surface area contributed by atoms with Crippen molar-refractivity contribution in [2.75, 3.05) is 7.11 Å². The SMILES string of the molecule is COC(C)=O.NC(=S)S. The van der Waals surface area contributed by atoms with Gasteiger partial charge in [0, 0.05) is 6.92 Å². The van der Waals surface area contributed by atoms with E-state index in [9.17, 15) is 4.79 Å². The Bertz CT molecular complexity index is 101. The Hall–Kier alpha value is -0.290. The summed E-state index contributed by atoms with van der Waals surface area (Å²) >= 11 is 7.65. The molecule has 0 radical (unpaired) electrons. The number of thiocarbonyl (C=S) groups is 1. The van der Waals surface area contributed by atoms with Crippen molar-refractivity contribution in [1.82, 2.24) is 0 Å². The van der Waals surface area contributed by atoms with Gasteiger partial charge in [-0.05, 0) is 0 Å². The minimum absolute atomic E-state index is 0.194. The van der Waals surface area contributed by atoms with Gasteiger partial charge in [-0.25, -0.2) is 0 Å². The van der Waals surface area contributed by atoms with Crippen LogP contribution >= 0.6 is 24.8 Å². The van der Waals surface area contributed by atoms with Crippen molar-refractivity contribution in [2.24, 2.45) is 5.73 Å². The lowest BCUT2D eigenvalue weighted by molar-refractivity contribution is -0.137. The van der Waals surface area contributed by atoms with Crippen LogP contribution in [-0.4, -0.2) is 17.4 Å². The predicted molar refractivity (Wildman–Crippen MR) is 43.5 cm³/mol. The smallest absolute Gasteiger partial charge is 0.302 e. The molecule has 0 amide bonds. The molecule has 0 saturated heterocycles. The standard InChI is InChI=1S/C3H6O2.CH3NS2/c1-3(4)5-2;2-1(3)4/h1-2H3;(H3,2,3,4). The Morgan fingerprint density at radius 2 is 1.89 bits per heavy atom. The summed E-state index contributed by atoms with van der Waals surface area (Å²) in [6, 6.07) is 0. The third-order valence-electron chi connectivity index (χ3n) is 0.287. The van der Waals surface area contributed by atoms with Crippen molar-refractivity contribution < 1.29 is 9.53 Å². The molecule has 0 fully saturated rings. The van der Waals surface area contributed by atoms with E-state index in [0.29, 0.717) is 0 Å². The molecule has 9 heavy (non-hydrogen) atoms. The molecule has 0 rings (SSSR count). The first-order chi connectivity index (χ1) is 4.00. The number of methoxy groups -OCH3 is 1. The lowest BCUT2D eigenvalue weighted by Gasteiger charge is -1.80. The zero-order valence-corrected chi connectivity index (χ0v) is 6.96. The number of ether oxygens (including phenoxy) is 1. The highest BCUT2D eigenvalue weighted by Crippen LogP contribution is 1.63. The van der Waals surface area contributed by atoms with Crippen LogP contribution in [-0.2, 0) is 9.53 Å². The van der Waals surface area contributed by atoms with Gasteiger partial charge in [-0.1, -0.05) is 12.2 Å². The molecule has 2 N–H and O–H groups in total. The maximum Gasteiger partial charge on any atom is 0.302 e. The molecule has 0 aliphatic rings. The first-order valence-electron chi connectivity index (χ1n) is 2.03. The van der Waals surface area contributed by atoms with Gasteiger partial charge in [-0.3, -0.25) is 4.79 Å². The quantitative estimate of drug-likeness (QED) is 0.310. The number of rotatable bonds is 0. The first kappa shape index (κ1) is 11.5. The van der Waals surface area contributed by atoms with Crippen LogP contribution in [0.15, 0.2) is 0 Å². The van der Waals surface area contributed by atoms with E-state index in [4.69, 9.17) is 5.73 Å². The fourth-order valence-corrected chi connectivity index (χ4v) is 0. The van der Waals surface area contributed by atoms with E-state index in [-0.39, 0.29) is 10.3 Å². The van der Waals surface area contributed by atoms with Crippen LogP contribution in [0.4, 0.5) is 0 Å². The molecular weight excluding hydrogens is 158 g/mol. The second-order valence-corrected chi connectivity index (χ2v) is 2.26. The summed E-state index contributed by atoms with van der Waals surface area (Å²) in [5.74, 6) is -0.245. The Morgan fingerprint density at radius 1 is 1.78 bits per heavy atom. The topological polar surface area (TPSA) is 52.3 Å². The monoisotopic (exact) mass is 167 g/mol. The Balaban J connectivity index is 0. The van der Waals surface area contributed by atoms with E-state index in [2.05, 4.69) is 29.6 Å². The molecule has 0 heterocycles. The third kappa shape index (κ3) is 86.0. The highest BCUT2D eigenvalue weighted by molar-refractivity contribution is 8.10. The van der Waals surface area contributed by atoms with Crippen LogP contribution in [0, 0.1) is 0 Å². The van der Waals surface area contributed by atoms with Crippen molar-refractivity contribution in [3.8, 4) is 0 Å². The Kier molecular flexibility index (Phi) is 9.85. The van der Waals surface area contributed by atoms with E-state index in [0.717, 1.165) is 0 Å². The average molecular weight is 167 g/mol. The lowest BCUT2D eigenvalue weighted by atomic mass is 10.8. The van der Waals surface area contributed by atoms with E-state index in [1.165, 1.54) is 14.0 Å². The summed E-state index contributed by atoms with van der Waals surface area (Å²) < 4.78 is 4.31. The minimum atomic E-state index is -0.245. The lowest BCUT2D eigenvalue weighted by Crippen LogP contribution is -1.94. The van der Waals surface area contributed by atoms with E-state index < -0.39 is 0 Å². The fraction of sp³-hybridized carbons (Fsp3) is 0.500. The van der Waals surface area contributed by atoms with Crippen molar-refractivity contribution in [3.63, 3.8) is 0 Å². The van der Waals surface area contributed by atoms with Crippen molar-refractivity contribution in [2.45, 2.75) is 6.92 Å². The van der Waals surface area contributed by atoms with Gasteiger partial charge in [0.25, 0.3) is 0 Å². The molecule has 0 aromatic rings. The van der Waals surface area contributed by atoms with Crippen LogP contribution in [0.5, 0.6) is 0 Å². The molecule has 0 spiro atoms. The van der Waals surface area contributed by atoms with Gasteiger partial charge in [0.1, 0.15) is 4.32 Å². The van der Waals surface area contributed by atoms with Crippen LogP contribution in [0.25, 0.3) is 0 Å². The maximum atomic E-state index is 9.59. The molecule has 0 bridgehead atoms. The molecular formula is C4H9NO2S2. The summed E-state index contributed by atoms with van der Waals surface area (Å²) in [6.07, 6.45) is 0. The number of hydrogen-bond acceptors (Lipinski definition) is 3. The summed E-state index contributed by atoms with van der Waals surface area (Å²) in [5, 5.41) is 0. The summed E-state index contributed by atoms with van der Waals surface area (Å²) in [7, 11) is 1.35. The zero-order chi connectivity index (χ0) is 7.86. The average Bonchev–Trinajstić information content (AvgIpc) is 1.65. The molecule has 0 atom stereocenters. The second kappa shape index (κ2) is 7.71. The molecule has 0 aromatic heterocycles. The number of nitrogens with two attached hydrogens (primary N) is 1. The predicted octanol–water partition coefficient (Wildman–Crippen LogP) is 0.339. The fourth-order valence-electron chi connectivity index (χ4n) is 0. The van der Waals surface area contributed by atoms with Crippen molar-refractivity contribution >= 4 is 35.1 Å². The molecule has 54 valence electrons. The number of carbonyl (C=O) groups is 1. The molecule has 0 saturated carbocycles. The molecule has 5 heteroatoms. The van der Waals surface area contributed by atoms with Gasteiger partial charge in [-0.2, -0.15) is 0 Å². The molecule has 0 aliphatic carbocycles. The molecule has 0 aromatic carbocycles. The van der Waals surface area contributed by atoms with Gasteiger partial charge in [0.05, 0.1) is 7.11 Å². The van der Waals surface area contributed by atoms with E-state index >= 15 is 0 Å². The van der Waals surface area contributed by atoms with Gasteiger partial charge in [0.15, 0.2) is 0 Å². The molecule has 3 nitrogen and oxygen atoms in total. The number of hydrogen-bond donors (Lipinski definition) is 2. The highest BCUT2D eigenvalue weighted by Gasteiger charge is 1.75. The Morgan fingerprint density at radius 3 is 1.89 bits per heavy atom. The van der Waals surface area contributed by atoms with E-state index in [1.54, 1.807) is 0 Å². The first-order valence-corrected chi connectivity index (χ1v) is 2.89. The molecule has 0 aliphatic heterocycles. The van der Waals surface area contributed by atoms with Crippen LogP contribution in [0.2, 0.25) is 0 Å². The largest absolute Gasteiger partial charge is 0.469 e. The van der Waals surface area contributed by atoms with Gasteiger partial charge in [-0.15, -0.1) is 12.6 Å². The number of esters is 1. The van der Waals surface area contributed by atoms with Crippen LogP contribution in [0.1, 0.15) is 6.92 Å².